The number of amides is 2. The van der Waals surface area contributed by atoms with Crippen LogP contribution in [0, 0.1) is 0 Å². The van der Waals surface area contributed by atoms with Gasteiger partial charge in [-0.3, -0.25) is 4.90 Å². The van der Waals surface area contributed by atoms with Gasteiger partial charge in [-0.25, -0.2) is 4.79 Å². The van der Waals surface area contributed by atoms with Gasteiger partial charge in [0.05, 0.1) is 0 Å². The van der Waals surface area contributed by atoms with Gasteiger partial charge in [0, 0.05) is 51.9 Å². The quantitative estimate of drug-likeness (QED) is 0.694. The first kappa shape index (κ1) is 11.7. The predicted molar refractivity (Wildman–Crippen MR) is 63.5 cm³/mol. The third-order valence-electron chi connectivity index (χ3n) is 3.40. The van der Waals surface area contributed by atoms with E-state index < -0.39 is 0 Å². The maximum atomic E-state index is 11.7. The monoisotopic (exact) mass is 226 g/mol. The third-order valence-corrected chi connectivity index (χ3v) is 3.40. The summed E-state index contributed by atoms with van der Waals surface area (Å²) in [5.74, 6) is 0. The van der Waals surface area contributed by atoms with Crippen LogP contribution in [0.25, 0.3) is 0 Å². The fourth-order valence-electron chi connectivity index (χ4n) is 2.17. The van der Waals surface area contributed by atoms with E-state index in [1.807, 2.05) is 4.90 Å². The Morgan fingerprint density at radius 3 is 2.50 bits per heavy atom. The minimum Gasteiger partial charge on any atom is -0.338 e. The Hall–Kier alpha value is -0.810. The molecule has 16 heavy (non-hydrogen) atoms. The number of carbonyl (C=O) groups is 1. The molecule has 2 saturated heterocycles. The standard InChI is InChI=1S/C11H22N4O/c1-2-3-13-11(16)15-6-4-14(5-7-15)10-8-12-9-10/h10,12H,2-9H2,1H3,(H,13,16). The Bertz CT molecular complexity index is 234. The van der Waals surface area contributed by atoms with Crippen molar-refractivity contribution >= 4 is 6.03 Å². The number of carbonyl (C=O) groups excluding carboxylic acids is 1. The predicted octanol–water partition coefficient (Wildman–Crippen LogP) is -0.305. The van der Waals surface area contributed by atoms with Crippen molar-refractivity contribution in [3.8, 4) is 0 Å². The molecule has 2 fully saturated rings. The number of piperazine rings is 1. The molecule has 0 bridgehead atoms. The van der Waals surface area contributed by atoms with Crippen LogP contribution < -0.4 is 10.6 Å². The fourth-order valence-corrected chi connectivity index (χ4v) is 2.17. The summed E-state index contributed by atoms with van der Waals surface area (Å²) in [6, 6.07) is 0.814. The van der Waals surface area contributed by atoms with Gasteiger partial charge in [0.15, 0.2) is 0 Å². The number of nitrogens with zero attached hydrogens (tertiary/aromatic N) is 2. The van der Waals surface area contributed by atoms with Crippen molar-refractivity contribution in [3.63, 3.8) is 0 Å². The number of hydrogen-bond acceptors (Lipinski definition) is 3. The van der Waals surface area contributed by atoms with Crippen molar-refractivity contribution in [1.82, 2.24) is 20.4 Å². The van der Waals surface area contributed by atoms with Crippen LogP contribution in [0.4, 0.5) is 4.79 Å². The van der Waals surface area contributed by atoms with Crippen molar-refractivity contribution in [1.29, 1.82) is 0 Å². The van der Waals surface area contributed by atoms with Crippen molar-refractivity contribution in [2.45, 2.75) is 19.4 Å². The van der Waals surface area contributed by atoms with Crippen LogP contribution in [0.1, 0.15) is 13.3 Å². The molecule has 0 aromatic rings. The van der Waals surface area contributed by atoms with Crippen LogP contribution in [0.5, 0.6) is 0 Å². The summed E-state index contributed by atoms with van der Waals surface area (Å²) < 4.78 is 0. The molecule has 5 nitrogen and oxygen atoms in total. The summed E-state index contributed by atoms with van der Waals surface area (Å²) >= 11 is 0. The molecule has 2 amide bonds. The first-order valence-electron chi connectivity index (χ1n) is 6.29. The van der Waals surface area contributed by atoms with E-state index in [1.54, 1.807) is 0 Å². The van der Waals surface area contributed by atoms with E-state index in [-0.39, 0.29) is 6.03 Å². The zero-order chi connectivity index (χ0) is 11.4. The molecule has 2 aliphatic heterocycles. The Kier molecular flexibility index (Phi) is 4.01. The third kappa shape index (κ3) is 2.65. The lowest BCUT2D eigenvalue weighted by molar-refractivity contribution is 0.0845. The molecule has 0 saturated carbocycles. The van der Waals surface area contributed by atoms with Gasteiger partial charge >= 0.3 is 6.03 Å². The van der Waals surface area contributed by atoms with Crippen molar-refractivity contribution in [3.05, 3.63) is 0 Å². The van der Waals surface area contributed by atoms with E-state index >= 15 is 0 Å². The second-order valence-corrected chi connectivity index (χ2v) is 4.57. The van der Waals surface area contributed by atoms with E-state index in [4.69, 9.17) is 0 Å². The summed E-state index contributed by atoms with van der Waals surface area (Å²) in [7, 11) is 0. The van der Waals surface area contributed by atoms with E-state index in [1.165, 1.54) is 0 Å². The van der Waals surface area contributed by atoms with E-state index in [0.717, 1.165) is 52.2 Å². The SMILES string of the molecule is CCCNC(=O)N1CCN(C2CNC2)CC1. The van der Waals surface area contributed by atoms with Gasteiger partial charge < -0.3 is 15.5 Å². The van der Waals surface area contributed by atoms with E-state index in [0.29, 0.717) is 6.04 Å². The second kappa shape index (κ2) is 5.50. The maximum absolute atomic E-state index is 11.7. The molecule has 2 rings (SSSR count). The second-order valence-electron chi connectivity index (χ2n) is 4.57. The number of rotatable bonds is 3. The lowest BCUT2D eigenvalue weighted by Crippen LogP contribution is -2.62. The normalized spacial score (nSPS) is 22.9. The smallest absolute Gasteiger partial charge is 0.317 e. The lowest BCUT2D eigenvalue weighted by atomic mass is 10.1. The highest BCUT2D eigenvalue weighted by molar-refractivity contribution is 5.74. The molecule has 0 radical (unpaired) electrons. The molecule has 0 aliphatic carbocycles. The molecule has 5 heteroatoms. The van der Waals surface area contributed by atoms with Crippen LogP contribution in [-0.4, -0.2) is 67.7 Å². The maximum Gasteiger partial charge on any atom is 0.317 e. The van der Waals surface area contributed by atoms with Crippen LogP contribution in [0.15, 0.2) is 0 Å². The van der Waals surface area contributed by atoms with Gasteiger partial charge in [-0.15, -0.1) is 0 Å². The molecule has 0 aromatic heterocycles. The highest BCUT2D eigenvalue weighted by Crippen LogP contribution is 2.09. The van der Waals surface area contributed by atoms with Gasteiger partial charge in [0.2, 0.25) is 0 Å². The first-order chi connectivity index (χ1) is 7.81. The summed E-state index contributed by atoms with van der Waals surface area (Å²) in [4.78, 5) is 16.1. The summed E-state index contributed by atoms with van der Waals surface area (Å²) in [5.41, 5.74) is 0. The summed E-state index contributed by atoms with van der Waals surface area (Å²) in [5, 5.41) is 6.22. The zero-order valence-electron chi connectivity index (χ0n) is 10.0. The van der Waals surface area contributed by atoms with E-state index in [2.05, 4.69) is 22.5 Å². The van der Waals surface area contributed by atoms with E-state index in [9.17, 15) is 4.79 Å². The Morgan fingerprint density at radius 1 is 1.31 bits per heavy atom. The zero-order valence-corrected chi connectivity index (χ0v) is 10.0. The van der Waals surface area contributed by atoms with Gasteiger partial charge in [0.25, 0.3) is 0 Å². The van der Waals surface area contributed by atoms with Crippen LogP contribution in [-0.2, 0) is 0 Å². The number of hydrogen-bond donors (Lipinski definition) is 2. The van der Waals surface area contributed by atoms with Crippen LogP contribution in [0.3, 0.4) is 0 Å². The average molecular weight is 226 g/mol. The molecule has 0 spiro atoms. The van der Waals surface area contributed by atoms with Gasteiger partial charge in [-0.2, -0.15) is 0 Å². The topological polar surface area (TPSA) is 47.6 Å². The van der Waals surface area contributed by atoms with Gasteiger partial charge in [0.1, 0.15) is 0 Å². The molecule has 0 aromatic carbocycles. The number of urea groups is 1. The average Bonchev–Trinajstić information content (AvgIpc) is 2.24. The van der Waals surface area contributed by atoms with Crippen molar-refractivity contribution < 1.29 is 4.79 Å². The molecule has 2 heterocycles. The Morgan fingerprint density at radius 2 is 2.00 bits per heavy atom. The largest absolute Gasteiger partial charge is 0.338 e. The first-order valence-corrected chi connectivity index (χ1v) is 6.29. The Balaban J connectivity index is 1.69. The van der Waals surface area contributed by atoms with Gasteiger partial charge in [-0.1, -0.05) is 6.92 Å². The highest BCUT2D eigenvalue weighted by atomic mass is 16.2. The van der Waals surface area contributed by atoms with Crippen LogP contribution >= 0.6 is 0 Å². The van der Waals surface area contributed by atoms with Gasteiger partial charge in [-0.05, 0) is 6.42 Å². The van der Waals surface area contributed by atoms with Crippen molar-refractivity contribution in [2.75, 3.05) is 45.8 Å². The minimum absolute atomic E-state index is 0.105. The molecule has 2 aliphatic rings. The number of nitrogens with one attached hydrogen (secondary N) is 2. The van der Waals surface area contributed by atoms with Crippen molar-refractivity contribution in [2.24, 2.45) is 0 Å². The van der Waals surface area contributed by atoms with Crippen LogP contribution in [0.2, 0.25) is 0 Å². The highest BCUT2D eigenvalue weighted by Gasteiger charge is 2.28. The molecule has 92 valence electrons. The summed E-state index contributed by atoms with van der Waals surface area (Å²) in [6.45, 7) is 8.85. The minimum atomic E-state index is 0.105. The molecule has 0 atom stereocenters. The molecule has 0 unspecified atom stereocenters. The molecular weight excluding hydrogens is 204 g/mol. The Labute approximate surface area is 97.2 Å². The molecule has 2 N–H and O–H groups in total. The summed E-state index contributed by atoms with van der Waals surface area (Å²) in [6.07, 6.45) is 0.999. The molecular formula is C11H22N4O. The lowest BCUT2D eigenvalue weighted by Gasteiger charge is -2.43. The fraction of sp³-hybridized carbons (Fsp3) is 0.909.